The number of thioether (sulfide) groups is 1. The van der Waals surface area contributed by atoms with Crippen LogP contribution in [0.3, 0.4) is 0 Å². The molecule has 16 heavy (non-hydrogen) atoms. The van der Waals surface area contributed by atoms with Crippen LogP contribution >= 0.6 is 11.8 Å². The number of rotatable bonds is 6. The van der Waals surface area contributed by atoms with E-state index in [0.29, 0.717) is 18.3 Å². The van der Waals surface area contributed by atoms with Crippen molar-refractivity contribution in [3.63, 3.8) is 0 Å². The Balaban J connectivity index is 1.73. The number of nitrogens with zero attached hydrogens (tertiary/aromatic N) is 1. The summed E-state index contributed by atoms with van der Waals surface area (Å²) < 4.78 is 0. The molecule has 0 amide bonds. The van der Waals surface area contributed by atoms with E-state index >= 15 is 0 Å². The van der Waals surface area contributed by atoms with E-state index in [-0.39, 0.29) is 0 Å². The van der Waals surface area contributed by atoms with Crippen LogP contribution in [0.15, 0.2) is 12.4 Å². The zero-order chi connectivity index (χ0) is 11.4. The Kier molecular flexibility index (Phi) is 3.89. The van der Waals surface area contributed by atoms with Gasteiger partial charge in [-0.25, -0.2) is 4.98 Å². The van der Waals surface area contributed by atoms with E-state index in [2.05, 4.69) is 22.2 Å². The summed E-state index contributed by atoms with van der Waals surface area (Å²) in [6.45, 7) is 3.49. The van der Waals surface area contributed by atoms with Crippen molar-refractivity contribution >= 4 is 11.8 Å². The van der Waals surface area contributed by atoms with Crippen LogP contribution in [0.5, 0.6) is 0 Å². The first kappa shape index (κ1) is 12.0. The second-order valence-electron chi connectivity index (χ2n) is 4.23. The third kappa shape index (κ3) is 2.59. The third-order valence-corrected chi connectivity index (χ3v) is 4.50. The maximum atomic E-state index is 10.3. The predicted molar refractivity (Wildman–Crippen MR) is 66.4 cm³/mol. The molecule has 1 aliphatic rings. The molecule has 90 valence electrons. The Labute approximate surface area is 100 Å². The minimum absolute atomic E-state index is 0.404. The highest BCUT2D eigenvalue weighted by atomic mass is 32.2. The second-order valence-corrected chi connectivity index (χ2v) is 5.71. The van der Waals surface area contributed by atoms with Gasteiger partial charge in [0.25, 0.3) is 0 Å². The fourth-order valence-electron chi connectivity index (χ4n) is 2.03. The van der Waals surface area contributed by atoms with Crippen LogP contribution in [0.4, 0.5) is 0 Å². The van der Waals surface area contributed by atoms with Crippen molar-refractivity contribution in [2.45, 2.75) is 37.2 Å². The molecule has 1 saturated carbocycles. The Morgan fingerprint density at radius 3 is 3.19 bits per heavy atom. The van der Waals surface area contributed by atoms with Gasteiger partial charge >= 0.3 is 0 Å². The normalized spacial score (nSPS) is 29.0. The standard InChI is InChI=1S/C11H19N3OS/c1-2-16-9-3-4-11(9,15)8-12-7-10-13-5-6-14-10/h5-6,9,12,15H,2-4,7-8H2,1H3,(H,13,14). The van der Waals surface area contributed by atoms with Crippen LogP contribution < -0.4 is 5.32 Å². The number of nitrogens with one attached hydrogen (secondary N) is 2. The van der Waals surface area contributed by atoms with E-state index in [9.17, 15) is 5.11 Å². The van der Waals surface area contributed by atoms with E-state index in [0.717, 1.165) is 24.4 Å². The lowest BCUT2D eigenvalue weighted by Gasteiger charge is -2.45. The Hall–Kier alpha value is -0.520. The second kappa shape index (κ2) is 5.21. The summed E-state index contributed by atoms with van der Waals surface area (Å²) in [6, 6.07) is 0. The lowest BCUT2D eigenvalue weighted by molar-refractivity contribution is -0.0235. The molecule has 1 aliphatic carbocycles. The van der Waals surface area contributed by atoms with Crippen LogP contribution in [-0.4, -0.2) is 38.2 Å². The molecule has 0 saturated heterocycles. The van der Waals surface area contributed by atoms with Gasteiger partial charge in [-0.05, 0) is 18.6 Å². The molecular formula is C11H19N3OS. The first-order chi connectivity index (χ1) is 7.74. The van der Waals surface area contributed by atoms with E-state index in [1.165, 1.54) is 0 Å². The summed E-state index contributed by atoms with van der Waals surface area (Å²) in [7, 11) is 0. The van der Waals surface area contributed by atoms with Gasteiger partial charge in [0.15, 0.2) is 0 Å². The van der Waals surface area contributed by atoms with Crippen molar-refractivity contribution < 1.29 is 5.11 Å². The number of aromatic amines is 1. The first-order valence-corrected chi connectivity index (χ1v) is 6.82. The molecule has 0 bridgehead atoms. The Morgan fingerprint density at radius 1 is 1.75 bits per heavy atom. The summed E-state index contributed by atoms with van der Waals surface area (Å²) in [5.74, 6) is 1.99. The molecule has 1 heterocycles. The highest BCUT2D eigenvalue weighted by molar-refractivity contribution is 8.00. The van der Waals surface area contributed by atoms with Crippen molar-refractivity contribution in [2.75, 3.05) is 12.3 Å². The van der Waals surface area contributed by atoms with Crippen molar-refractivity contribution in [3.8, 4) is 0 Å². The van der Waals surface area contributed by atoms with Gasteiger partial charge in [0, 0.05) is 24.2 Å². The van der Waals surface area contributed by atoms with Gasteiger partial charge < -0.3 is 15.4 Å². The molecule has 3 N–H and O–H groups in total. The largest absolute Gasteiger partial charge is 0.387 e. The highest BCUT2D eigenvalue weighted by Gasteiger charge is 2.44. The molecule has 0 aromatic carbocycles. The van der Waals surface area contributed by atoms with Gasteiger partial charge in [0.1, 0.15) is 5.82 Å². The zero-order valence-corrected chi connectivity index (χ0v) is 10.4. The monoisotopic (exact) mass is 241 g/mol. The van der Waals surface area contributed by atoms with E-state index in [4.69, 9.17) is 0 Å². The first-order valence-electron chi connectivity index (χ1n) is 5.77. The van der Waals surface area contributed by atoms with Gasteiger partial charge in [-0.15, -0.1) is 0 Å². The minimum atomic E-state index is -0.507. The lowest BCUT2D eigenvalue weighted by atomic mass is 9.79. The molecule has 2 atom stereocenters. The van der Waals surface area contributed by atoms with Crippen LogP contribution in [0, 0.1) is 0 Å². The van der Waals surface area contributed by atoms with Gasteiger partial charge in [0.2, 0.25) is 0 Å². The van der Waals surface area contributed by atoms with E-state index in [1.54, 1.807) is 6.20 Å². The fourth-order valence-corrected chi connectivity index (χ4v) is 3.23. The maximum absolute atomic E-state index is 10.3. The molecular weight excluding hydrogens is 222 g/mol. The van der Waals surface area contributed by atoms with Crippen molar-refractivity contribution in [3.05, 3.63) is 18.2 Å². The highest BCUT2D eigenvalue weighted by Crippen LogP contribution is 2.40. The van der Waals surface area contributed by atoms with E-state index < -0.39 is 5.60 Å². The molecule has 0 aliphatic heterocycles. The smallest absolute Gasteiger partial charge is 0.120 e. The molecule has 2 unspecified atom stereocenters. The summed E-state index contributed by atoms with van der Waals surface area (Å²) >= 11 is 1.86. The minimum Gasteiger partial charge on any atom is -0.387 e. The fraction of sp³-hybridized carbons (Fsp3) is 0.727. The lowest BCUT2D eigenvalue weighted by Crippen LogP contribution is -2.56. The quantitative estimate of drug-likeness (QED) is 0.699. The molecule has 0 spiro atoms. The van der Waals surface area contributed by atoms with Crippen molar-refractivity contribution in [1.29, 1.82) is 0 Å². The van der Waals surface area contributed by atoms with Crippen LogP contribution in [-0.2, 0) is 6.54 Å². The van der Waals surface area contributed by atoms with Gasteiger partial charge in [-0.3, -0.25) is 0 Å². The molecule has 4 nitrogen and oxygen atoms in total. The Bertz CT molecular complexity index is 317. The molecule has 0 radical (unpaired) electrons. The molecule has 1 aromatic heterocycles. The molecule has 1 aromatic rings. The van der Waals surface area contributed by atoms with Gasteiger partial charge in [0.05, 0.1) is 12.1 Å². The molecule has 5 heteroatoms. The van der Waals surface area contributed by atoms with Crippen molar-refractivity contribution in [1.82, 2.24) is 15.3 Å². The van der Waals surface area contributed by atoms with Crippen LogP contribution in [0.1, 0.15) is 25.6 Å². The number of hydrogen-bond acceptors (Lipinski definition) is 4. The predicted octanol–water partition coefficient (Wildman–Crippen LogP) is 1.15. The summed E-state index contributed by atoms with van der Waals surface area (Å²) in [4.78, 5) is 7.17. The van der Waals surface area contributed by atoms with Crippen LogP contribution in [0.2, 0.25) is 0 Å². The third-order valence-electron chi connectivity index (χ3n) is 3.09. The SMILES string of the molecule is CCSC1CCC1(O)CNCc1ncc[nH]1. The average molecular weight is 241 g/mol. The Morgan fingerprint density at radius 2 is 2.62 bits per heavy atom. The van der Waals surface area contributed by atoms with Crippen molar-refractivity contribution in [2.24, 2.45) is 0 Å². The number of H-pyrrole nitrogens is 1. The van der Waals surface area contributed by atoms with Crippen LogP contribution in [0.25, 0.3) is 0 Å². The maximum Gasteiger partial charge on any atom is 0.120 e. The number of imidazole rings is 1. The number of aliphatic hydroxyl groups is 1. The average Bonchev–Trinajstić information content (AvgIpc) is 2.77. The molecule has 1 fully saturated rings. The molecule has 2 rings (SSSR count). The summed E-state index contributed by atoms with van der Waals surface area (Å²) in [6.07, 6.45) is 5.60. The topological polar surface area (TPSA) is 60.9 Å². The van der Waals surface area contributed by atoms with E-state index in [1.807, 2.05) is 18.0 Å². The summed E-state index contributed by atoms with van der Waals surface area (Å²) in [5.41, 5.74) is -0.507. The summed E-state index contributed by atoms with van der Waals surface area (Å²) in [5, 5.41) is 14.0. The van der Waals surface area contributed by atoms with Gasteiger partial charge in [-0.1, -0.05) is 6.92 Å². The zero-order valence-electron chi connectivity index (χ0n) is 9.57. The van der Waals surface area contributed by atoms with Gasteiger partial charge in [-0.2, -0.15) is 11.8 Å². The number of aromatic nitrogens is 2. The number of hydrogen-bond donors (Lipinski definition) is 3.